The van der Waals surface area contributed by atoms with E-state index in [1.807, 2.05) is 13.8 Å². The van der Waals surface area contributed by atoms with Crippen LogP contribution in [0.25, 0.3) is 0 Å². The van der Waals surface area contributed by atoms with Gasteiger partial charge >= 0.3 is 0 Å². The summed E-state index contributed by atoms with van der Waals surface area (Å²) in [4.78, 5) is 0. The lowest BCUT2D eigenvalue weighted by molar-refractivity contribution is 0.0911. The summed E-state index contributed by atoms with van der Waals surface area (Å²) in [6, 6.07) is 2.65. The highest BCUT2D eigenvalue weighted by Crippen LogP contribution is 2.16. The second kappa shape index (κ2) is 7.10. The van der Waals surface area contributed by atoms with Gasteiger partial charge in [-0.05, 0) is 38.5 Å². The fourth-order valence-electron chi connectivity index (χ4n) is 1.57. The third kappa shape index (κ3) is 5.52. The Morgan fingerprint density at radius 1 is 1.20 bits per heavy atom. The Labute approximate surface area is 118 Å². The molecule has 20 heavy (non-hydrogen) atoms. The summed E-state index contributed by atoms with van der Waals surface area (Å²) >= 11 is 0. The van der Waals surface area contributed by atoms with Gasteiger partial charge in [-0.25, -0.2) is 21.9 Å². The van der Waals surface area contributed by atoms with Crippen LogP contribution in [0.15, 0.2) is 18.2 Å². The van der Waals surface area contributed by atoms with Crippen molar-refractivity contribution in [3.8, 4) is 0 Å². The van der Waals surface area contributed by atoms with E-state index in [1.54, 1.807) is 6.92 Å². The Morgan fingerprint density at radius 3 is 2.40 bits per heavy atom. The maximum absolute atomic E-state index is 13.1. The molecule has 0 aliphatic rings. The lowest BCUT2D eigenvalue weighted by Crippen LogP contribution is -2.31. The molecule has 0 amide bonds. The second-order valence-electron chi connectivity index (χ2n) is 4.75. The maximum Gasteiger partial charge on any atom is 0.214 e. The van der Waals surface area contributed by atoms with E-state index in [2.05, 4.69) is 4.72 Å². The number of rotatable bonds is 7. The molecule has 0 spiro atoms. The van der Waals surface area contributed by atoms with Gasteiger partial charge in [0.1, 0.15) is 0 Å². The fraction of sp³-hybridized carbons (Fsp3) is 0.538. The molecule has 0 bridgehead atoms. The van der Waals surface area contributed by atoms with Crippen molar-refractivity contribution in [2.45, 2.75) is 32.9 Å². The standard InChI is InChI=1S/C13H19F2NO3S/c1-9(2)19-6-7-20(17,18)16-10(3)11-4-5-12(14)13(15)8-11/h4-5,8-10,16H,6-7H2,1-3H3/t10-/m1/s1. The van der Waals surface area contributed by atoms with E-state index in [4.69, 9.17) is 4.74 Å². The third-order valence-electron chi connectivity index (χ3n) is 2.60. The molecule has 1 aromatic carbocycles. The van der Waals surface area contributed by atoms with E-state index in [0.29, 0.717) is 5.56 Å². The highest BCUT2D eigenvalue weighted by Gasteiger charge is 2.17. The van der Waals surface area contributed by atoms with Crippen molar-refractivity contribution >= 4 is 10.0 Å². The molecule has 1 aromatic rings. The van der Waals surface area contributed by atoms with Gasteiger partial charge in [-0.1, -0.05) is 6.07 Å². The van der Waals surface area contributed by atoms with Crippen molar-refractivity contribution in [2.24, 2.45) is 0 Å². The number of benzene rings is 1. The summed E-state index contributed by atoms with van der Waals surface area (Å²) in [6.07, 6.45) is -0.0474. The first-order chi connectivity index (χ1) is 9.21. The largest absolute Gasteiger partial charge is 0.378 e. The molecule has 0 aliphatic heterocycles. The van der Waals surface area contributed by atoms with Gasteiger partial charge in [-0.15, -0.1) is 0 Å². The molecule has 0 unspecified atom stereocenters. The first kappa shape index (κ1) is 17.0. The Morgan fingerprint density at radius 2 is 1.85 bits per heavy atom. The van der Waals surface area contributed by atoms with Crippen molar-refractivity contribution in [2.75, 3.05) is 12.4 Å². The van der Waals surface area contributed by atoms with Gasteiger partial charge in [0, 0.05) is 6.04 Å². The topological polar surface area (TPSA) is 55.4 Å². The molecule has 0 heterocycles. The maximum atomic E-state index is 13.1. The Balaban J connectivity index is 2.64. The van der Waals surface area contributed by atoms with Crippen molar-refractivity contribution in [3.63, 3.8) is 0 Å². The molecular formula is C13H19F2NO3S. The van der Waals surface area contributed by atoms with Crippen LogP contribution in [0.2, 0.25) is 0 Å². The molecule has 0 aromatic heterocycles. The zero-order chi connectivity index (χ0) is 15.3. The minimum Gasteiger partial charge on any atom is -0.378 e. The Hall–Kier alpha value is -1.05. The molecule has 0 fully saturated rings. The van der Waals surface area contributed by atoms with Crippen molar-refractivity contribution in [1.29, 1.82) is 0 Å². The van der Waals surface area contributed by atoms with Crippen LogP contribution in [0, 0.1) is 11.6 Å². The Bertz CT molecular complexity index is 547. The minimum atomic E-state index is -3.54. The predicted octanol–water partition coefficient (Wildman–Crippen LogP) is 2.37. The second-order valence-corrected chi connectivity index (χ2v) is 6.62. The number of ether oxygens (including phenoxy) is 1. The van der Waals surface area contributed by atoms with Crippen molar-refractivity contribution in [1.82, 2.24) is 4.72 Å². The summed E-state index contributed by atoms with van der Waals surface area (Å²) < 4.78 is 57.0. The van der Waals surface area contributed by atoms with E-state index in [-0.39, 0.29) is 18.5 Å². The first-order valence-corrected chi connectivity index (χ1v) is 7.93. The van der Waals surface area contributed by atoms with Crippen LogP contribution in [-0.2, 0) is 14.8 Å². The fourth-order valence-corrected chi connectivity index (χ4v) is 2.68. The van der Waals surface area contributed by atoms with Gasteiger partial charge in [-0.3, -0.25) is 0 Å². The van der Waals surface area contributed by atoms with Gasteiger partial charge in [0.25, 0.3) is 0 Å². The van der Waals surface area contributed by atoms with Crippen LogP contribution in [0.3, 0.4) is 0 Å². The van der Waals surface area contributed by atoms with Crippen LogP contribution in [0.1, 0.15) is 32.4 Å². The summed E-state index contributed by atoms with van der Waals surface area (Å²) in [5, 5.41) is 0. The third-order valence-corrected chi connectivity index (χ3v) is 4.02. The van der Waals surface area contributed by atoms with Crippen LogP contribution in [-0.4, -0.2) is 26.9 Å². The zero-order valence-electron chi connectivity index (χ0n) is 11.7. The molecule has 0 radical (unpaired) electrons. The lowest BCUT2D eigenvalue weighted by Gasteiger charge is -2.15. The number of hydrogen-bond donors (Lipinski definition) is 1. The molecule has 1 rings (SSSR count). The molecular weight excluding hydrogens is 288 g/mol. The van der Waals surface area contributed by atoms with Gasteiger partial charge in [0.2, 0.25) is 10.0 Å². The molecule has 1 N–H and O–H groups in total. The van der Waals surface area contributed by atoms with E-state index in [0.717, 1.165) is 12.1 Å². The highest BCUT2D eigenvalue weighted by atomic mass is 32.2. The Kier molecular flexibility index (Phi) is 6.04. The number of hydrogen-bond acceptors (Lipinski definition) is 3. The summed E-state index contributed by atoms with van der Waals surface area (Å²) in [5.41, 5.74) is 0.359. The van der Waals surface area contributed by atoms with E-state index in [1.165, 1.54) is 6.07 Å². The number of halogens is 2. The minimum absolute atomic E-state index is 0.0474. The van der Waals surface area contributed by atoms with Crippen LogP contribution < -0.4 is 4.72 Å². The average molecular weight is 307 g/mol. The van der Waals surface area contributed by atoms with E-state index >= 15 is 0 Å². The van der Waals surface area contributed by atoms with Gasteiger partial charge in [0.15, 0.2) is 11.6 Å². The average Bonchev–Trinajstić information content (AvgIpc) is 2.31. The van der Waals surface area contributed by atoms with Gasteiger partial charge < -0.3 is 4.74 Å². The zero-order valence-corrected chi connectivity index (χ0v) is 12.5. The lowest BCUT2D eigenvalue weighted by atomic mass is 10.1. The van der Waals surface area contributed by atoms with Gasteiger partial charge in [-0.2, -0.15) is 0 Å². The smallest absolute Gasteiger partial charge is 0.214 e. The predicted molar refractivity (Wildman–Crippen MR) is 72.8 cm³/mol. The van der Waals surface area contributed by atoms with Crippen LogP contribution in [0.4, 0.5) is 8.78 Å². The quantitative estimate of drug-likeness (QED) is 0.841. The molecule has 0 aliphatic carbocycles. The first-order valence-electron chi connectivity index (χ1n) is 6.28. The SMILES string of the molecule is CC(C)OCCS(=O)(=O)N[C@H](C)c1ccc(F)c(F)c1. The monoisotopic (exact) mass is 307 g/mol. The molecule has 0 saturated carbocycles. The highest BCUT2D eigenvalue weighted by molar-refractivity contribution is 7.89. The number of sulfonamides is 1. The van der Waals surface area contributed by atoms with Crippen LogP contribution in [0.5, 0.6) is 0 Å². The molecule has 7 heteroatoms. The van der Waals surface area contributed by atoms with Crippen molar-refractivity contribution < 1.29 is 21.9 Å². The van der Waals surface area contributed by atoms with E-state index < -0.39 is 27.7 Å². The van der Waals surface area contributed by atoms with Gasteiger partial charge in [0.05, 0.1) is 18.5 Å². The molecule has 4 nitrogen and oxygen atoms in total. The summed E-state index contributed by atoms with van der Waals surface area (Å²) in [7, 11) is -3.54. The summed E-state index contributed by atoms with van der Waals surface area (Å²) in [5.74, 6) is -2.15. The molecule has 0 saturated heterocycles. The van der Waals surface area contributed by atoms with E-state index in [9.17, 15) is 17.2 Å². The van der Waals surface area contributed by atoms with Crippen molar-refractivity contribution in [3.05, 3.63) is 35.4 Å². The van der Waals surface area contributed by atoms with Crippen LogP contribution >= 0.6 is 0 Å². The molecule has 114 valence electrons. The summed E-state index contributed by atoms with van der Waals surface area (Å²) in [6.45, 7) is 5.26. The molecule has 1 atom stereocenters. The number of nitrogens with one attached hydrogen (secondary N) is 1. The normalized spacial score (nSPS) is 13.7.